The predicted octanol–water partition coefficient (Wildman–Crippen LogP) is 3.54. The second-order valence-corrected chi connectivity index (χ2v) is 6.64. The molecule has 2 heterocycles. The van der Waals surface area contributed by atoms with Crippen LogP contribution in [0.25, 0.3) is 11.3 Å². The Morgan fingerprint density at radius 1 is 1.26 bits per heavy atom. The molecule has 0 bridgehead atoms. The summed E-state index contributed by atoms with van der Waals surface area (Å²) in [5.41, 5.74) is 9.12. The fraction of sp³-hybridized carbons (Fsp3) is 0.421. The first kappa shape index (κ1) is 15.8. The number of likely N-dealkylation sites (N-methyl/N-ethyl adjacent to an activating group) is 1. The number of pyridine rings is 1. The van der Waals surface area contributed by atoms with Gasteiger partial charge in [0.25, 0.3) is 0 Å². The Morgan fingerprint density at radius 2 is 2.09 bits per heavy atom. The van der Waals surface area contributed by atoms with E-state index in [4.69, 9.17) is 10.5 Å². The summed E-state index contributed by atoms with van der Waals surface area (Å²) in [6.45, 7) is 6.49. The molecule has 1 fully saturated rings. The molecule has 0 aliphatic carbocycles. The number of hydrogen-bond donors (Lipinski definition) is 1. The summed E-state index contributed by atoms with van der Waals surface area (Å²) in [6, 6.07) is 12.1. The van der Waals surface area contributed by atoms with E-state index in [-0.39, 0.29) is 6.10 Å². The summed E-state index contributed by atoms with van der Waals surface area (Å²) < 4.78 is 6.16. The Morgan fingerprint density at radius 3 is 2.74 bits per heavy atom. The monoisotopic (exact) mass is 311 g/mol. The number of likely N-dealkylation sites (tertiary alicyclic amines) is 1. The van der Waals surface area contributed by atoms with Crippen LogP contribution >= 0.6 is 0 Å². The van der Waals surface area contributed by atoms with Crippen LogP contribution in [0.4, 0.5) is 5.82 Å². The zero-order valence-corrected chi connectivity index (χ0v) is 14.1. The minimum Gasteiger partial charge on any atom is -0.489 e. The molecular formula is C19H25N3O. The van der Waals surface area contributed by atoms with Crippen LogP contribution in [0.15, 0.2) is 36.4 Å². The van der Waals surface area contributed by atoms with Gasteiger partial charge in [0.15, 0.2) is 0 Å². The van der Waals surface area contributed by atoms with Crippen LogP contribution in [-0.2, 0) is 0 Å². The lowest BCUT2D eigenvalue weighted by Crippen LogP contribution is -2.21. The van der Waals surface area contributed by atoms with Gasteiger partial charge in [0.2, 0.25) is 0 Å². The van der Waals surface area contributed by atoms with Crippen LogP contribution in [0.2, 0.25) is 0 Å². The van der Waals surface area contributed by atoms with E-state index in [0.29, 0.717) is 11.7 Å². The number of benzene rings is 1. The summed E-state index contributed by atoms with van der Waals surface area (Å²) in [7, 11) is 2.14. The van der Waals surface area contributed by atoms with Gasteiger partial charge in [-0.05, 0) is 55.3 Å². The van der Waals surface area contributed by atoms with E-state index >= 15 is 0 Å². The Bertz CT molecular complexity index is 684. The van der Waals surface area contributed by atoms with Gasteiger partial charge in [0, 0.05) is 18.7 Å². The Balaban J connectivity index is 1.89. The largest absolute Gasteiger partial charge is 0.489 e. The highest BCUT2D eigenvalue weighted by Crippen LogP contribution is 2.32. The predicted molar refractivity (Wildman–Crippen MR) is 94.7 cm³/mol. The molecule has 23 heavy (non-hydrogen) atoms. The number of nitrogens with zero attached hydrogens (tertiary/aromatic N) is 2. The fourth-order valence-electron chi connectivity index (χ4n) is 3.11. The first-order valence-electron chi connectivity index (χ1n) is 8.25. The summed E-state index contributed by atoms with van der Waals surface area (Å²) >= 11 is 0. The SMILES string of the molecule is CC(C)c1cc(OC2CCN(C)C2)ccc1-c1cccc(N)n1. The maximum atomic E-state index is 6.16. The third kappa shape index (κ3) is 3.64. The van der Waals surface area contributed by atoms with Crippen molar-refractivity contribution in [1.29, 1.82) is 0 Å². The van der Waals surface area contributed by atoms with Crippen LogP contribution in [0.3, 0.4) is 0 Å². The highest BCUT2D eigenvalue weighted by Gasteiger charge is 2.21. The van der Waals surface area contributed by atoms with Crippen LogP contribution in [0.1, 0.15) is 31.7 Å². The molecule has 1 aromatic heterocycles. The van der Waals surface area contributed by atoms with Crippen LogP contribution in [0, 0.1) is 0 Å². The van der Waals surface area contributed by atoms with E-state index in [1.165, 1.54) is 5.56 Å². The summed E-state index contributed by atoms with van der Waals surface area (Å²) in [4.78, 5) is 6.76. The topological polar surface area (TPSA) is 51.4 Å². The van der Waals surface area contributed by atoms with Gasteiger partial charge >= 0.3 is 0 Å². The average molecular weight is 311 g/mol. The molecule has 2 aromatic rings. The Labute approximate surface area is 138 Å². The van der Waals surface area contributed by atoms with Crippen molar-refractivity contribution in [3.63, 3.8) is 0 Å². The maximum absolute atomic E-state index is 6.16. The van der Waals surface area contributed by atoms with Crippen molar-refractivity contribution in [2.45, 2.75) is 32.3 Å². The molecular weight excluding hydrogens is 286 g/mol. The quantitative estimate of drug-likeness (QED) is 0.938. The van der Waals surface area contributed by atoms with Crippen LogP contribution in [-0.4, -0.2) is 36.1 Å². The molecule has 1 aliphatic heterocycles. The number of nitrogens with two attached hydrogens (primary N) is 1. The smallest absolute Gasteiger partial charge is 0.124 e. The number of nitrogen functional groups attached to an aromatic ring is 1. The third-order valence-corrected chi connectivity index (χ3v) is 4.34. The van der Waals surface area contributed by atoms with Crippen molar-refractivity contribution in [2.75, 3.05) is 25.9 Å². The number of anilines is 1. The van der Waals surface area contributed by atoms with Gasteiger partial charge in [0.1, 0.15) is 17.7 Å². The van der Waals surface area contributed by atoms with E-state index < -0.39 is 0 Å². The number of ether oxygens (including phenoxy) is 1. The minimum absolute atomic E-state index is 0.288. The minimum atomic E-state index is 0.288. The van der Waals surface area contributed by atoms with Gasteiger partial charge in [-0.1, -0.05) is 19.9 Å². The molecule has 1 aromatic carbocycles. The van der Waals surface area contributed by atoms with Crippen molar-refractivity contribution >= 4 is 5.82 Å². The van der Waals surface area contributed by atoms with Crippen LogP contribution < -0.4 is 10.5 Å². The van der Waals surface area contributed by atoms with E-state index in [1.807, 2.05) is 24.3 Å². The molecule has 0 radical (unpaired) electrons. The molecule has 0 saturated carbocycles. The van der Waals surface area contributed by atoms with Crippen molar-refractivity contribution in [3.8, 4) is 17.0 Å². The first-order chi connectivity index (χ1) is 11.0. The maximum Gasteiger partial charge on any atom is 0.124 e. The lowest BCUT2D eigenvalue weighted by atomic mass is 9.94. The van der Waals surface area contributed by atoms with E-state index in [9.17, 15) is 0 Å². The van der Waals surface area contributed by atoms with Crippen molar-refractivity contribution in [2.24, 2.45) is 0 Å². The normalized spacial score (nSPS) is 18.5. The molecule has 1 atom stereocenters. The van der Waals surface area contributed by atoms with Gasteiger partial charge in [-0.25, -0.2) is 4.98 Å². The molecule has 1 saturated heterocycles. The average Bonchev–Trinajstić information content (AvgIpc) is 2.92. The molecule has 3 rings (SSSR count). The third-order valence-electron chi connectivity index (χ3n) is 4.34. The van der Waals surface area contributed by atoms with Gasteiger partial charge in [-0.15, -0.1) is 0 Å². The molecule has 122 valence electrons. The highest BCUT2D eigenvalue weighted by atomic mass is 16.5. The van der Waals surface area contributed by atoms with Crippen molar-refractivity contribution in [3.05, 3.63) is 42.0 Å². The van der Waals surface area contributed by atoms with Crippen molar-refractivity contribution in [1.82, 2.24) is 9.88 Å². The second-order valence-electron chi connectivity index (χ2n) is 6.64. The number of rotatable bonds is 4. The lowest BCUT2D eigenvalue weighted by Gasteiger charge is -2.18. The zero-order chi connectivity index (χ0) is 16.4. The van der Waals surface area contributed by atoms with E-state index in [0.717, 1.165) is 36.5 Å². The van der Waals surface area contributed by atoms with E-state index in [2.05, 4.69) is 42.9 Å². The fourth-order valence-corrected chi connectivity index (χ4v) is 3.11. The molecule has 4 nitrogen and oxygen atoms in total. The van der Waals surface area contributed by atoms with Gasteiger partial charge < -0.3 is 15.4 Å². The second kappa shape index (κ2) is 6.59. The summed E-state index contributed by atoms with van der Waals surface area (Å²) in [5.74, 6) is 1.89. The molecule has 0 amide bonds. The van der Waals surface area contributed by atoms with Crippen LogP contribution in [0.5, 0.6) is 5.75 Å². The standard InChI is InChI=1S/C19H25N3O/c1-13(2)17-11-14(23-15-9-10-22(3)12-15)7-8-16(17)18-5-4-6-19(20)21-18/h4-8,11,13,15H,9-10,12H2,1-3H3,(H2,20,21). The molecule has 1 aliphatic rings. The molecule has 0 spiro atoms. The lowest BCUT2D eigenvalue weighted by molar-refractivity contribution is 0.208. The molecule has 1 unspecified atom stereocenters. The Kier molecular flexibility index (Phi) is 4.53. The van der Waals surface area contributed by atoms with Crippen molar-refractivity contribution < 1.29 is 4.74 Å². The Hall–Kier alpha value is -2.07. The number of aromatic nitrogens is 1. The summed E-state index contributed by atoms with van der Waals surface area (Å²) in [5, 5.41) is 0. The first-order valence-corrected chi connectivity index (χ1v) is 8.25. The number of hydrogen-bond acceptors (Lipinski definition) is 4. The van der Waals surface area contributed by atoms with E-state index in [1.54, 1.807) is 0 Å². The highest BCUT2D eigenvalue weighted by molar-refractivity contribution is 5.67. The van der Waals surface area contributed by atoms with Gasteiger partial charge in [0.05, 0.1) is 5.69 Å². The summed E-state index contributed by atoms with van der Waals surface area (Å²) in [6.07, 6.45) is 1.38. The van der Waals surface area contributed by atoms with Gasteiger partial charge in [-0.3, -0.25) is 0 Å². The zero-order valence-electron chi connectivity index (χ0n) is 14.1. The molecule has 2 N–H and O–H groups in total. The van der Waals surface area contributed by atoms with Gasteiger partial charge in [-0.2, -0.15) is 0 Å². The molecule has 4 heteroatoms.